The molecule has 0 bridgehead atoms. The summed E-state index contributed by atoms with van der Waals surface area (Å²) in [5.74, 6) is 2.21. The van der Waals surface area contributed by atoms with Gasteiger partial charge >= 0.3 is 0 Å². The third-order valence-electron chi connectivity index (χ3n) is 4.18. The maximum Gasteiger partial charge on any atom is 0.243 e. The molecule has 0 aliphatic heterocycles. The van der Waals surface area contributed by atoms with Crippen molar-refractivity contribution in [2.24, 2.45) is 0 Å². The molecule has 0 aliphatic rings. The summed E-state index contributed by atoms with van der Waals surface area (Å²) in [5, 5.41) is 11.5. The van der Waals surface area contributed by atoms with Crippen molar-refractivity contribution in [2.45, 2.75) is 27.0 Å². The van der Waals surface area contributed by atoms with Crippen molar-refractivity contribution in [3.8, 4) is 5.75 Å². The Labute approximate surface area is 150 Å². The third-order valence-corrected chi connectivity index (χ3v) is 4.18. The van der Waals surface area contributed by atoms with Crippen LogP contribution >= 0.6 is 0 Å². The predicted octanol–water partition coefficient (Wildman–Crippen LogP) is 3.53. The Morgan fingerprint density at radius 2 is 1.96 bits per heavy atom. The van der Waals surface area contributed by atoms with Crippen molar-refractivity contribution in [2.75, 3.05) is 5.32 Å². The van der Waals surface area contributed by atoms with E-state index in [0.29, 0.717) is 19.1 Å². The Balaban J connectivity index is 1.35. The van der Waals surface area contributed by atoms with E-state index >= 15 is 0 Å². The van der Waals surface area contributed by atoms with E-state index in [1.807, 2.05) is 62.5 Å². The average molecular weight is 349 g/mol. The molecular weight excluding hydrogens is 330 g/mol. The number of hydrogen-bond acceptors (Lipinski definition) is 6. The van der Waals surface area contributed by atoms with Crippen molar-refractivity contribution in [3.05, 3.63) is 71.2 Å². The lowest BCUT2D eigenvalue weighted by Gasteiger charge is -2.07. The van der Waals surface area contributed by atoms with Crippen molar-refractivity contribution in [1.82, 2.24) is 19.8 Å². The molecule has 0 spiro atoms. The van der Waals surface area contributed by atoms with Crippen molar-refractivity contribution in [3.63, 3.8) is 0 Å². The van der Waals surface area contributed by atoms with Gasteiger partial charge in [0.25, 0.3) is 0 Å². The normalized spacial score (nSPS) is 11.0. The number of nitrogens with one attached hydrogen (secondary N) is 1. The largest absolute Gasteiger partial charge is 0.489 e. The Bertz CT molecular complexity index is 968. The van der Waals surface area contributed by atoms with E-state index in [9.17, 15) is 0 Å². The number of aromatic nitrogens is 4. The van der Waals surface area contributed by atoms with Gasteiger partial charge in [0.2, 0.25) is 5.95 Å². The fraction of sp³-hybridized carbons (Fsp3) is 0.211. The molecule has 0 atom stereocenters. The number of benzene rings is 1. The Morgan fingerprint density at radius 1 is 1.12 bits per heavy atom. The van der Waals surface area contributed by atoms with Gasteiger partial charge in [-0.05, 0) is 43.7 Å². The molecule has 0 amide bonds. The molecule has 0 saturated carbocycles. The van der Waals surface area contributed by atoms with Crippen molar-refractivity contribution in [1.29, 1.82) is 0 Å². The first-order valence-corrected chi connectivity index (χ1v) is 8.38. The van der Waals surface area contributed by atoms with Gasteiger partial charge in [-0.2, -0.15) is 4.98 Å². The topological polar surface area (TPSA) is 77.5 Å². The van der Waals surface area contributed by atoms with Gasteiger partial charge in [-0.15, -0.1) is 5.10 Å². The van der Waals surface area contributed by atoms with Gasteiger partial charge in [-0.3, -0.25) is 0 Å². The smallest absolute Gasteiger partial charge is 0.243 e. The zero-order valence-corrected chi connectivity index (χ0v) is 14.6. The molecule has 26 heavy (non-hydrogen) atoms. The maximum atomic E-state index is 5.82. The standard InChI is InChI=1S/C19H19N5O2/c1-13-17(14(2)26-23-13)12-25-16-8-6-15(7-9-16)11-20-19-21-18-5-3-4-10-24(18)22-19/h3-10H,11-12H2,1-2H3,(H,20,22). The van der Waals surface area contributed by atoms with Gasteiger partial charge < -0.3 is 14.6 Å². The second kappa shape index (κ2) is 6.87. The maximum absolute atomic E-state index is 5.82. The van der Waals surface area contributed by atoms with Crippen LogP contribution in [0, 0.1) is 13.8 Å². The average Bonchev–Trinajstić information content (AvgIpc) is 3.22. The summed E-state index contributed by atoms with van der Waals surface area (Å²) in [6.07, 6.45) is 1.87. The molecule has 3 heterocycles. The minimum atomic E-state index is 0.448. The van der Waals surface area contributed by atoms with E-state index in [4.69, 9.17) is 9.26 Å². The Hall–Kier alpha value is -3.35. The number of anilines is 1. The summed E-state index contributed by atoms with van der Waals surface area (Å²) >= 11 is 0. The van der Waals surface area contributed by atoms with Crippen LogP contribution in [0.1, 0.15) is 22.6 Å². The molecule has 1 aromatic carbocycles. The van der Waals surface area contributed by atoms with E-state index in [1.165, 1.54) is 0 Å². The number of nitrogens with zero attached hydrogens (tertiary/aromatic N) is 4. The number of pyridine rings is 1. The molecule has 4 rings (SSSR count). The van der Waals surface area contributed by atoms with Gasteiger partial charge in [0.05, 0.1) is 11.3 Å². The first kappa shape index (κ1) is 16.1. The highest BCUT2D eigenvalue weighted by molar-refractivity contribution is 5.43. The molecule has 4 aromatic rings. The van der Waals surface area contributed by atoms with Gasteiger partial charge in [0.1, 0.15) is 18.1 Å². The summed E-state index contributed by atoms with van der Waals surface area (Å²) in [7, 11) is 0. The molecule has 7 heteroatoms. The van der Waals surface area contributed by atoms with Crippen LogP contribution in [0.3, 0.4) is 0 Å². The third kappa shape index (κ3) is 3.37. The van der Waals surface area contributed by atoms with E-state index in [0.717, 1.165) is 34.0 Å². The number of aryl methyl sites for hydroxylation is 2. The van der Waals surface area contributed by atoms with Gasteiger partial charge in [0.15, 0.2) is 5.65 Å². The van der Waals surface area contributed by atoms with Gasteiger partial charge in [0, 0.05) is 12.7 Å². The van der Waals surface area contributed by atoms with E-state index in [-0.39, 0.29) is 0 Å². The fourth-order valence-corrected chi connectivity index (χ4v) is 2.65. The molecule has 0 radical (unpaired) electrons. The van der Waals surface area contributed by atoms with Crippen LogP contribution in [0.5, 0.6) is 5.75 Å². The fourth-order valence-electron chi connectivity index (χ4n) is 2.65. The number of fused-ring (bicyclic) bond motifs is 1. The highest BCUT2D eigenvalue weighted by Crippen LogP contribution is 2.18. The second-order valence-electron chi connectivity index (χ2n) is 6.03. The number of hydrogen-bond donors (Lipinski definition) is 1. The molecule has 0 saturated heterocycles. The van der Waals surface area contributed by atoms with Crippen LogP contribution in [0.4, 0.5) is 5.95 Å². The molecule has 1 N–H and O–H groups in total. The van der Waals surface area contributed by atoms with E-state index in [1.54, 1.807) is 4.52 Å². The summed E-state index contributed by atoms with van der Waals surface area (Å²) in [4.78, 5) is 4.42. The van der Waals surface area contributed by atoms with Crippen LogP contribution < -0.4 is 10.1 Å². The quantitative estimate of drug-likeness (QED) is 0.574. The lowest BCUT2D eigenvalue weighted by molar-refractivity contribution is 0.301. The highest BCUT2D eigenvalue weighted by atomic mass is 16.5. The molecule has 0 unspecified atom stereocenters. The molecule has 3 aromatic heterocycles. The summed E-state index contributed by atoms with van der Waals surface area (Å²) in [5.41, 5.74) is 3.79. The summed E-state index contributed by atoms with van der Waals surface area (Å²) in [6, 6.07) is 13.7. The van der Waals surface area contributed by atoms with Crippen molar-refractivity contribution < 1.29 is 9.26 Å². The predicted molar refractivity (Wildman–Crippen MR) is 97.1 cm³/mol. The van der Waals surface area contributed by atoms with Crippen LogP contribution in [-0.2, 0) is 13.2 Å². The number of ether oxygens (including phenoxy) is 1. The summed E-state index contributed by atoms with van der Waals surface area (Å²) in [6.45, 7) is 4.89. The number of rotatable bonds is 6. The van der Waals surface area contributed by atoms with Gasteiger partial charge in [-0.25, -0.2) is 4.52 Å². The molecule has 132 valence electrons. The molecule has 0 aliphatic carbocycles. The van der Waals surface area contributed by atoms with Crippen LogP contribution in [-0.4, -0.2) is 19.8 Å². The lowest BCUT2D eigenvalue weighted by atomic mass is 10.2. The molecule has 0 fully saturated rings. The van der Waals surface area contributed by atoms with E-state index < -0.39 is 0 Å². The monoisotopic (exact) mass is 349 g/mol. The van der Waals surface area contributed by atoms with Crippen molar-refractivity contribution >= 4 is 11.6 Å². The first-order valence-electron chi connectivity index (χ1n) is 8.38. The zero-order valence-electron chi connectivity index (χ0n) is 14.6. The highest BCUT2D eigenvalue weighted by Gasteiger charge is 2.09. The SMILES string of the molecule is Cc1noc(C)c1COc1ccc(CNc2nc3ccccn3n2)cc1. The minimum absolute atomic E-state index is 0.448. The minimum Gasteiger partial charge on any atom is -0.489 e. The van der Waals surface area contributed by atoms with E-state index in [2.05, 4.69) is 20.6 Å². The van der Waals surface area contributed by atoms with Gasteiger partial charge in [-0.1, -0.05) is 23.4 Å². The molecular formula is C19H19N5O2. The second-order valence-corrected chi connectivity index (χ2v) is 6.03. The lowest BCUT2D eigenvalue weighted by Crippen LogP contribution is -2.02. The van der Waals surface area contributed by atoms with Crippen LogP contribution in [0.25, 0.3) is 5.65 Å². The first-order chi connectivity index (χ1) is 12.7. The van der Waals surface area contributed by atoms with Crippen LogP contribution in [0.15, 0.2) is 53.2 Å². The Kier molecular flexibility index (Phi) is 4.27. The zero-order chi connectivity index (χ0) is 17.9. The Morgan fingerprint density at radius 3 is 2.69 bits per heavy atom. The van der Waals surface area contributed by atoms with Crippen LogP contribution in [0.2, 0.25) is 0 Å². The molecule has 7 nitrogen and oxygen atoms in total. The summed E-state index contributed by atoms with van der Waals surface area (Å²) < 4.78 is 12.7.